The van der Waals surface area contributed by atoms with E-state index in [-0.39, 0.29) is 0 Å². The van der Waals surface area contributed by atoms with Gasteiger partial charge in [-0.3, -0.25) is 15.3 Å². The van der Waals surface area contributed by atoms with Gasteiger partial charge in [-0.25, -0.2) is 0 Å². The minimum Gasteiger partial charge on any atom is -0.266 e. The number of unbranched alkanes of at least 4 members (excludes halogenated alkanes) is 12. The van der Waals surface area contributed by atoms with Crippen molar-refractivity contribution in [1.29, 1.82) is 0 Å². The van der Waals surface area contributed by atoms with Crippen LogP contribution in [0.5, 0.6) is 0 Å². The Kier molecular flexibility index (Phi) is 20.7. The Bertz CT molecular complexity index is 279. The number of rotatable bonds is 21. The fourth-order valence-electron chi connectivity index (χ4n) is 3.06. The highest BCUT2D eigenvalue weighted by atomic mass is 32.4. The normalized spacial score (nSPS) is 12.0. The number of hydrogen-bond donors (Lipinski definition) is 3. The van der Waals surface area contributed by atoms with Gasteiger partial charge in [0.05, 0.1) is 0 Å². The molecule has 0 heterocycles. The first-order valence-electron chi connectivity index (χ1n) is 11.5. The summed E-state index contributed by atoms with van der Waals surface area (Å²) in [6.07, 6.45) is 19.8. The Hall–Kier alpha value is 0.530. The molecule has 0 amide bonds. The fraction of sp³-hybridized carbons (Fsp3) is 1.00. The van der Waals surface area contributed by atoms with Gasteiger partial charge in [0.25, 0.3) is 0 Å². The third kappa shape index (κ3) is 17.9. The molecular weight excluding hydrogens is 357 g/mol. The summed E-state index contributed by atoms with van der Waals surface area (Å²) in [6, 6.07) is 0. The summed E-state index contributed by atoms with van der Waals surface area (Å²) >= 11 is 5.98. The monoisotopic (exact) mass is 405 g/mol. The van der Waals surface area contributed by atoms with Crippen molar-refractivity contribution in [3.05, 3.63) is 0 Å². The van der Waals surface area contributed by atoms with Gasteiger partial charge in [0.1, 0.15) is 6.49 Å². The van der Waals surface area contributed by atoms with Gasteiger partial charge in [0.2, 0.25) is 0 Å². The van der Waals surface area contributed by atoms with E-state index in [1.54, 1.807) is 0 Å². The summed E-state index contributed by atoms with van der Waals surface area (Å²) in [6.45, 7) is 8.15. The van der Waals surface area contributed by atoms with Crippen molar-refractivity contribution in [3.8, 4) is 0 Å². The van der Waals surface area contributed by atoms with Crippen LogP contribution in [0.4, 0.5) is 0 Å². The molecule has 0 fully saturated rings. The second-order valence-corrected chi connectivity index (χ2v) is 11.4. The van der Waals surface area contributed by atoms with Gasteiger partial charge in [-0.15, -0.1) is 0 Å². The van der Waals surface area contributed by atoms with Crippen LogP contribution in [0.2, 0.25) is 0 Å². The van der Waals surface area contributed by atoms with Crippen molar-refractivity contribution in [1.82, 2.24) is 15.3 Å². The second kappa shape index (κ2) is 20.3. The topological polar surface area (TPSA) is 36.1 Å². The van der Waals surface area contributed by atoms with Crippen molar-refractivity contribution >= 4 is 18.3 Å². The average molecular weight is 406 g/mol. The van der Waals surface area contributed by atoms with Crippen LogP contribution in [-0.2, 0) is 11.8 Å². The SMILES string of the molecule is CCCCCCCNP(=S)(NCCCCCCC)NCCCCCCC. The standard InChI is InChI=1S/C21H48N3PS/c1-4-7-10-13-16-19-22-25(26,23-20-17-14-11-8-5-2)24-21-18-15-12-9-6-3/h4-21H2,1-3H3,(H3,22,23,24,26). The fourth-order valence-corrected chi connectivity index (χ4v) is 5.64. The first-order valence-corrected chi connectivity index (χ1v) is 14.3. The highest BCUT2D eigenvalue weighted by Gasteiger charge is 2.14. The lowest BCUT2D eigenvalue weighted by Crippen LogP contribution is -2.33. The summed E-state index contributed by atoms with van der Waals surface area (Å²) in [7, 11) is 0. The number of hydrogen-bond acceptors (Lipinski definition) is 1. The van der Waals surface area contributed by atoms with E-state index in [2.05, 4.69) is 36.0 Å². The predicted octanol–water partition coefficient (Wildman–Crippen LogP) is 6.89. The van der Waals surface area contributed by atoms with Crippen LogP contribution in [-0.4, -0.2) is 19.6 Å². The Balaban J connectivity index is 4.04. The van der Waals surface area contributed by atoms with Crippen LogP contribution in [0.15, 0.2) is 0 Å². The molecule has 0 spiro atoms. The minimum atomic E-state index is -1.80. The van der Waals surface area contributed by atoms with E-state index in [1.165, 1.54) is 96.3 Å². The molecule has 0 aliphatic carbocycles. The Morgan fingerprint density at radius 2 is 0.731 bits per heavy atom. The zero-order valence-electron chi connectivity index (χ0n) is 18.1. The van der Waals surface area contributed by atoms with Crippen molar-refractivity contribution in [2.45, 2.75) is 117 Å². The third-order valence-corrected chi connectivity index (χ3v) is 8.01. The molecule has 0 atom stereocenters. The molecule has 3 nitrogen and oxygen atoms in total. The van der Waals surface area contributed by atoms with Crippen LogP contribution < -0.4 is 15.3 Å². The summed E-state index contributed by atoms with van der Waals surface area (Å²) in [4.78, 5) is 0. The third-order valence-electron chi connectivity index (χ3n) is 4.84. The first kappa shape index (κ1) is 26.5. The largest absolute Gasteiger partial charge is 0.266 e. The van der Waals surface area contributed by atoms with Gasteiger partial charge in [-0.05, 0) is 31.1 Å². The Labute approximate surface area is 170 Å². The van der Waals surface area contributed by atoms with E-state index in [4.69, 9.17) is 11.8 Å². The molecule has 3 N–H and O–H groups in total. The van der Waals surface area contributed by atoms with E-state index in [1.807, 2.05) is 0 Å². The number of nitrogens with one attached hydrogen (secondary N) is 3. The van der Waals surface area contributed by atoms with Crippen molar-refractivity contribution in [2.75, 3.05) is 19.6 Å². The maximum absolute atomic E-state index is 5.98. The van der Waals surface area contributed by atoms with Crippen molar-refractivity contribution < 1.29 is 0 Å². The van der Waals surface area contributed by atoms with Crippen LogP contribution in [0.1, 0.15) is 117 Å². The maximum Gasteiger partial charge on any atom is 0.137 e. The van der Waals surface area contributed by atoms with E-state index < -0.39 is 6.49 Å². The quantitative estimate of drug-likeness (QED) is 0.143. The molecule has 158 valence electrons. The van der Waals surface area contributed by atoms with Gasteiger partial charge in [0, 0.05) is 19.6 Å². The molecule has 0 rings (SSSR count). The minimum absolute atomic E-state index is 1.05. The van der Waals surface area contributed by atoms with Crippen molar-refractivity contribution in [3.63, 3.8) is 0 Å². The van der Waals surface area contributed by atoms with Gasteiger partial charge in [-0.1, -0.05) is 97.8 Å². The summed E-state index contributed by atoms with van der Waals surface area (Å²) in [5.41, 5.74) is 0. The van der Waals surface area contributed by atoms with E-state index >= 15 is 0 Å². The molecule has 5 heteroatoms. The molecule has 0 saturated heterocycles. The highest BCUT2D eigenvalue weighted by Crippen LogP contribution is 2.31. The van der Waals surface area contributed by atoms with Gasteiger partial charge >= 0.3 is 0 Å². The maximum atomic E-state index is 5.98. The van der Waals surface area contributed by atoms with Crippen LogP contribution in [0.25, 0.3) is 0 Å². The summed E-state index contributed by atoms with van der Waals surface area (Å²) in [5, 5.41) is 11.0. The lowest BCUT2D eigenvalue weighted by atomic mass is 10.2. The van der Waals surface area contributed by atoms with E-state index in [0.717, 1.165) is 19.6 Å². The predicted molar refractivity (Wildman–Crippen MR) is 125 cm³/mol. The molecule has 0 aromatic heterocycles. The smallest absolute Gasteiger partial charge is 0.137 e. The highest BCUT2D eigenvalue weighted by molar-refractivity contribution is 8.11. The molecule has 0 radical (unpaired) electrons. The molecule has 0 aliphatic heterocycles. The van der Waals surface area contributed by atoms with Crippen LogP contribution in [0, 0.1) is 0 Å². The first-order chi connectivity index (χ1) is 12.7. The van der Waals surface area contributed by atoms with E-state index in [0.29, 0.717) is 0 Å². The average Bonchev–Trinajstić information content (AvgIpc) is 2.64. The second-order valence-electron chi connectivity index (χ2n) is 7.58. The molecule has 0 bridgehead atoms. The molecule has 0 saturated carbocycles. The lowest BCUT2D eigenvalue weighted by Gasteiger charge is -2.26. The van der Waals surface area contributed by atoms with Crippen LogP contribution >= 0.6 is 6.49 Å². The molecule has 0 aliphatic rings. The molecule has 0 aromatic rings. The summed E-state index contributed by atoms with van der Waals surface area (Å²) < 4.78 is 0. The molecule has 26 heavy (non-hydrogen) atoms. The summed E-state index contributed by atoms with van der Waals surface area (Å²) in [5.74, 6) is 0. The lowest BCUT2D eigenvalue weighted by molar-refractivity contribution is 0.609. The van der Waals surface area contributed by atoms with Crippen LogP contribution in [0.3, 0.4) is 0 Å². The van der Waals surface area contributed by atoms with Gasteiger partial charge in [-0.2, -0.15) is 0 Å². The zero-order chi connectivity index (χ0) is 19.3. The van der Waals surface area contributed by atoms with E-state index in [9.17, 15) is 0 Å². The Morgan fingerprint density at radius 3 is 1.00 bits per heavy atom. The van der Waals surface area contributed by atoms with Gasteiger partial charge < -0.3 is 0 Å². The molecule has 0 aromatic carbocycles. The Morgan fingerprint density at radius 1 is 0.462 bits per heavy atom. The molecule has 0 unspecified atom stereocenters. The zero-order valence-corrected chi connectivity index (χ0v) is 19.8. The molecular formula is C21H48N3PS. The van der Waals surface area contributed by atoms with Crippen molar-refractivity contribution in [2.24, 2.45) is 0 Å². The van der Waals surface area contributed by atoms with Gasteiger partial charge in [0.15, 0.2) is 0 Å².